The SMILES string of the molecule is C/C(=N\NC(=O)c1ccccc1F)c1ccc2c(c1)OCO2. The predicted octanol–water partition coefficient (Wildman–Crippen LogP) is 2.71. The molecule has 5 nitrogen and oxygen atoms in total. The smallest absolute Gasteiger partial charge is 0.274 e. The quantitative estimate of drug-likeness (QED) is 0.700. The highest BCUT2D eigenvalue weighted by molar-refractivity contribution is 6.01. The first-order chi connectivity index (χ1) is 10.6. The second-order valence-electron chi connectivity index (χ2n) is 4.69. The van der Waals surface area contributed by atoms with E-state index >= 15 is 0 Å². The Kier molecular flexibility index (Phi) is 3.74. The van der Waals surface area contributed by atoms with E-state index in [4.69, 9.17) is 9.47 Å². The van der Waals surface area contributed by atoms with Gasteiger partial charge in [-0.05, 0) is 37.3 Å². The average molecular weight is 300 g/mol. The van der Waals surface area contributed by atoms with Crippen molar-refractivity contribution in [3.05, 3.63) is 59.4 Å². The summed E-state index contributed by atoms with van der Waals surface area (Å²) in [5.41, 5.74) is 3.64. The highest BCUT2D eigenvalue weighted by Crippen LogP contribution is 2.32. The van der Waals surface area contributed by atoms with Gasteiger partial charge >= 0.3 is 0 Å². The van der Waals surface area contributed by atoms with Gasteiger partial charge in [-0.2, -0.15) is 5.10 Å². The normalized spacial score (nSPS) is 13.1. The number of fused-ring (bicyclic) bond motifs is 1. The molecular formula is C16H13FN2O3. The van der Waals surface area contributed by atoms with Gasteiger partial charge in [-0.15, -0.1) is 0 Å². The van der Waals surface area contributed by atoms with E-state index in [-0.39, 0.29) is 12.4 Å². The minimum atomic E-state index is -0.599. The Balaban J connectivity index is 1.75. The molecule has 2 aromatic carbocycles. The molecule has 0 spiro atoms. The summed E-state index contributed by atoms with van der Waals surface area (Å²) in [7, 11) is 0. The van der Waals surface area contributed by atoms with E-state index in [2.05, 4.69) is 10.5 Å². The van der Waals surface area contributed by atoms with Crippen LogP contribution in [-0.4, -0.2) is 18.4 Å². The van der Waals surface area contributed by atoms with Crippen LogP contribution in [0.2, 0.25) is 0 Å². The number of benzene rings is 2. The molecule has 3 rings (SSSR count). The zero-order valence-electron chi connectivity index (χ0n) is 11.8. The van der Waals surface area contributed by atoms with Crippen molar-refractivity contribution in [3.8, 4) is 11.5 Å². The molecular weight excluding hydrogens is 287 g/mol. The molecule has 0 fully saturated rings. The lowest BCUT2D eigenvalue weighted by Gasteiger charge is -2.05. The number of carbonyl (C=O) groups excluding carboxylic acids is 1. The zero-order valence-corrected chi connectivity index (χ0v) is 11.8. The second kappa shape index (κ2) is 5.85. The minimum Gasteiger partial charge on any atom is -0.454 e. The Labute approximate surface area is 126 Å². The summed E-state index contributed by atoms with van der Waals surface area (Å²) >= 11 is 0. The number of hydrogen-bond acceptors (Lipinski definition) is 4. The largest absolute Gasteiger partial charge is 0.454 e. The minimum absolute atomic E-state index is 0.0512. The van der Waals surface area contributed by atoms with Crippen molar-refractivity contribution in [2.24, 2.45) is 5.10 Å². The van der Waals surface area contributed by atoms with E-state index in [1.807, 2.05) is 6.07 Å². The number of hydrazone groups is 1. The van der Waals surface area contributed by atoms with E-state index in [1.165, 1.54) is 18.2 Å². The molecule has 0 aromatic heterocycles. The third kappa shape index (κ3) is 2.76. The first kappa shape index (κ1) is 14.1. The highest BCUT2D eigenvalue weighted by Gasteiger charge is 2.14. The van der Waals surface area contributed by atoms with Gasteiger partial charge in [0.2, 0.25) is 6.79 Å². The molecule has 1 aliphatic heterocycles. The maximum Gasteiger partial charge on any atom is 0.274 e. The first-order valence-electron chi connectivity index (χ1n) is 6.64. The number of carbonyl (C=O) groups is 1. The maximum absolute atomic E-state index is 13.5. The second-order valence-corrected chi connectivity index (χ2v) is 4.69. The fraction of sp³-hybridized carbons (Fsp3) is 0.125. The molecule has 0 atom stereocenters. The van der Waals surface area contributed by atoms with Crippen LogP contribution < -0.4 is 14.9 Å². The van der Waals surface area contributed by atoms with Crippen LogP contribution in [0.1, 0.15) is 22.8 Å². The number of nitrogens with one attached hydrogen (secondary N) is 1. The molecule has 2 aromatic rings. The van der Waals surface area contributed by atoms with Crippen molar-refractivity contribution in [2.75, 3.05) is 6.79 Å². The maximum atomic E-state index is 13.5. The molecule has 0 unspecified atom stereocenters. The van der Waals surface area contributed by atoms with Crippen LogP contribution in [-0.2, 0) is 0 Å². The Bertz CT molecular complexity index is 759. The molecule has 1 N–H and O–H groups in total. The number of rotatable bonds is 3. The average Bonchev–Trinajstić information content (AvgIpc) is 3.00. The summed E-state index contributed by atoms with van der Waals surface area (Å²) < 4.78 is 24.0. The Hall–Kier alpha value is -2.89. The van der Waals surface area contributed by atoms with Crippen LogP contribution in [0.25, 0.3) is 0 Å². The Morgan fingerprint density at radius 2 is 1.95 bits per heavy atom. The molecule has 0 radical (unpaired) electrons. The fourth-order valence-corrected chi connectivity index (χ4v) is 2.03. The van der Waals surface area contributed by atoms with Gasteiger partial charge in [0, 0.05) is 5.56 Å². The van der Waals surface area contributed by atoms with Crippen molar-refractivity contribution in [3.63, 3.8) is 0 Å². The van der Waals surface area contributed by atoms with E-state index in [1.54, 1.807) is 25.1 Å². The number of nitrogens with zero attached hydrogens (tertiary/aromatic N) is 1. The number of ether oxygens (including phenoxy) is 2. The molecule has 0 bridgehead atoms. The molecule has 1 amide bonds. The lowest BCUT2D eigenvalue weighted by Crippen LogP contribution is -2.20. The van der Waals surface area contributed by atoms with Crippen LogP contribution in [0.4, 0.5) is 4.39 Å². The molecule has 1 heterocycles. The van der Waals surface area contributed by atoms with Crippen LogP contribution in [0, 0.1) is 5.82 Å². The predicted molar refractivity (Wildman–Crippen MR) is 78.6 cm³/mol. The number of hydrogen-bond donors (Lipinski definition) is 1. The summed E-state index contributed by atoms with van der Waals surface area (Å²) in [4.78, 5) is 11.9. The summed E-state index contributed by atoms with van der Waals surface area (Å²) in [6.45, 7) is 1.93. The lowest BCUT2D eigenvalue weighted by atomic mass is 10.1. The van der Waals surface area contributed by atoms with Crippen molar-refractivity contribution in [1.82, 2.24) is 5.43 Å². The van der Waals surface area contributed by atoms with Crippen LogP contribution in [0.5, 0.6) is 11.5 Å². The van der Waals surface area contributed by atoms with Gasteiger partial charge in [0.25, 0.3) is 5.91 Å². The number of halogens is 1. The molecule has 1 aliphatic rings. The third-order valence-corrected chi connectivity index (χ3v) is 3.23. The first-order valence-corrected chi connectivity index (χ1v) is 6.64. The van der Waals surface area contributed by atoms with E-state index in [0.717, 1.165) is 5.56 Å². The molecule has 6 heteroatoms. The van der Waals surface area contributed by atoms with E-state index < -0.39 is 11.7 Å². The Morgan fingerprint density at radius 1 is 1.18 bits per heavy atom. The van der Waals surface area contributed by atoms with Gasteiger partial charge in [0.05, 0.1) is 11.3 Å². The van der Waals surface area contributed by atoms with Crippen molar-refractivity contribution in [1.29, 1.82) is 0 Å². The van der Waals surface area contributed by atoms with Gasteiger partial charge in [0.15, 0.2) is 11.5 Å². The third-order valence-electron chi connectivity index (χ3n) is 3.23. The number of amides is 1. The molecule has 112 valence electrons. The Morgan fingerprint density at radius 3 is 2.77 bits per heavy atom. The van der Waals surface area contributed by atoms with Gasteiger partial charge in [-0.25, -0.2) is 9.82 Å². The van der Waals surface area contributed by atoms with Gasteiger partial charge in [0.1, 0.15) is 5.82 Å². The van der Waals surface area contributed by atoms with Crippen molar-refractivity contribution < 1.29 is 18.7 Å². The van der Waals surface area contributed by atoms with E-state index in [9.17, 15) is 9.18 Å². The zero-order chi connectivity index (χ0) is 15.5. The lowest BCUT2D eigenvalue weighted by molar-refractivity contribution is 0.0951. The monoisotopic (exact) mass is 300 g/mol. The topological polar surface area (TPSA) is 59.9 Å². The summed E-state index contributed by atoms with van der Waals surface area (Å²) in [5, 5.41) is 3.99. The molecule has 0 saturated carbocycles. The van der Waals surface area contributed by atoms with Gasteiger partial charge < -0.3 is 9.47 Å². The van der Waals surface area contributed by atoms with Crippen molar-refractivity contribution in [2.45, 2.75) is 6.92 Å². The summed E-state index contributed by atoms with van der Waals surface area (Å²) in [6.07, 6.45) is 0. The van der Waals surface area contributed by atoms with Crippen LogP contribution in [0.3, 0.4) is 0 Å². The van der Waals surface area contributed by atoms with Crippen LogP contribution >= 0.6 is 0 Å². The highest BCUT2D eigenvalue weighted by atomic mass is 19.1. The summed E-state index contributed by atoms with van der Waals surface area (Å²) in [5.74, 6) is 0.119. The molecule has 22 heavy (non-hydrogen) atoms. The van der Waals surface area contributed by atoms with Gasteiger partial charge in [-0.1, -0.05) is 12.1 Å². The van der Waals surface area contributed by atoms with Gasteiger partial charge in [-0.3, -0.25) is 4.79 Å². The van der Waals surface area contributed by atoms with Crippen LogP contribution in [0.15, 0.2) is 47.6 Å². The van der Waals surface area contributed by atoms with Crippen molar-refractivity contribution >= 4 is 11.6 Å². The molecule has 0 saturated heterocycles. The fourth-order valence-electron chi connectivity index (χ4n) is 2.03. The summed E-state index contributed by atoms with van der Waals surface area (Å²) in [6, 6.07) is 11.1. The molecule has 0 aliphatic carbocycles. The van der Waals surface area contributed by atoms with E-state index in [0.29, 0.717) is 17.2 Å². The standard InChI is InChI=1S/C16H13FN2O3/c1-10(11-6-7-14-15(8-11)22-9-21-14)18-19-16(20)12-4-2-3-5-13(12)17/h2-8H,9H2,1H3,(H,19,20)/b18-10+.